The van der Waals surface area contributed by atoms with Gasteiger partial charge in [-0.05, 0) is 17.7 Å². The highest BCUT2D eigenvalue weighted by molar-refractivity contribution is 6.32. The summed E-state index contributed by atoms with van der Waals surface area (Å²) >= 11 is 0. The van der Waals surface area contributed by atoms with Crippen LogP contribution in [0.1, 0.15) is 5.56 Å². The summed E-state index contributed by atoms with van der Waals surface area (Å²) in [5, 5.41) is 0. The molecule has 2 saturated heterocycles. The smallest absolute Gasteiger partial charge is 0.396 e. The van der Waals surface area contributed by atoms with Crippen LogP contribution in [-0.2, 0) is 20.9 Å². The number of rotatable bonds is 2. The molecule has 24 heavy (non-hydrogen) atoms. The normalized spacial score (nSPS) is 20.2. The van der Waals surface area contributed by atoms with Crippen LogP contribution in [0, 0.1) is 5.82 Å². The van der Waals surface area contributed by atoms with Crippen molar-refractivity contribution in [1.82, 2.24) is 14.7 Å². The SMILES string of the molecule is COC(=O)C(=O)N1CCN2C(=O)N(Cc3ccc(F)cc3)C[C@H]2C1. The highest BCUT2D eigenvalue weighted by atomic mass is 19.1. The van der Waals surface area contributed by atoms with Gasteiger partial charge in [-0.1, -0.05) is 12.1 Å². The molecule has 3 rings (SSSR count). The first-order valence-corrected chi connectivity index (χ1v) is 7.67. The molecule has 0 aliphatic carbocycles. The summed E-state index contributed by atoms with van der Waals surface area (Å²) in [4.78, 5) is 40.5. The molecule has 2 heterocycles. The van der Waals surface area contributed by atoms with Gasteiger partial charge in [0, 0.05) is 32.7 Å². The molecule has 2 aliphatic rings. The lowest BCUT2D eigenvalue weighted by molar-refractivity contribution is -0.159. The van der Waals surface area contributed by atoms with Crippen molar-refractivity contribution in [3.63, 3.8) is 0 Å². The van der Waals surface area contributed by atoms with E-state index in [4.69, 9.17) is 0 Å². The number of esters is 1. The molecule has 0 unspecified atom stereocenters. The number of methoxy groups -OCH3 is 1. The van der Waals surface area contributed by atoms with Crippen LogP contribution in [0.25, 0.3) is 0 Å². The predicted octanol–water partition coefficient (Wildman–Crippen LogP) is 0.447. The van der Waals surface area contributed by atoms with Crippen molar-refractivity contribution < 1.29 is 23.5 Å². The first kappa shape index (κ1) is 16.2. The van der Waals surface area contributed by atoms with Gasteiger partial charge in [-0.25, -0.2) is 14.0 Å². The fourth-order valence-electron chi connectivity index (χ4n) is 3.12. The number of piperazine rings is 1. The maximum absolute atomic E-state index is 13.0. The van der Waals surface area contributed by atoms with E-state index in [0.29, 0.717) is 32.7 Å². The van der Waals surface area contributed by atoms with Crippen LogP contribution in [-0.4, -0.2) is 71.9 Å². The number of amides is 3. The Morgan fingerprint density at radius 1 is 1.21 bits per heavy atom. The average Bonchev–Trinajstić information content (AvgIpc) is 2.90. The average molecular weight is 335 g/mol. The molecule has 7 nitrogen and oxygen atoms in total. The quantitative estimate of drug-likeness (QED) is 0.581. The van der Waals surface area contributed by atoms with Crippen LogP contribution in [0.15, 0.2) is 24.3 Å². The minimum absolute atomic E-state index is 0.102. The van der Waals surface area contributed by atoms with Crippen molar-refractivity contribution in [3.8, 4) is 0 Å². The molecule has 1 aromatic carbocycles. The molecule has 8 heteroatoms. The van der Waals surface area contributed by atoms with Crippen molar-refractivity contribution in [2.24, 2.45) is 0 Å². The van der Waals surface area contributed by atoms with E-state index in [1.54, 1.807) is 21.9 Å². The number of benzene rings is 1. The summed E-state index contributed by atoms with van der Waals surface area (Å²) in [6.07, 6.45) is 0. The number of halogens is 1. The monoisotopic (exact) mass is 335 g/mol. The van der Waals surface area contributed by atoms with E-state index in [1.807, 2.05) is 0 Å². The van der Waals surface area contributed by atoms with E-state index < -0.39 is 11.9 Å². The largest absolute Gasteiger partial charge is 0.462 e. The summed E-state index contributed by atoms with van der Waals surface area (Å²) in [5.74, 6) is -1.89. The molecule has 0 radical (unpaired) electrons. The molecule has 0 N–H and O–H groups in total. The van der Waals surface area contributed by atoms with Gasteiger partial charge in [-0.15, -0.1) is 0 Å². The number of urea groups is 1. The van der Waals surface area contributed by atoms with Gasteiger partial charge in [0.25, 0.3) is 0 Å². The lowest BCUT2D eigenvalue weighted by Gasteiger charge is -2.35. The zero-order valence-corrected chi connectivity index (χ0v) is 13.3. The highest BCUT2D eigenvalue weighted by Crippen LogP contribution is 2.22. The fraction of sp³-hybridized carbons (Fsp3) is 0.438. The van der Waals surface area contributed by atoms with Gasteiger partial charge in [-0.3, -0.25) is 4.79 Å². The third-order valence-electron chi connectivity index (χ3n) is 4.36. The summed E-state index contributed by atoms with van der Waals surface area (Å²) in [7, 11) is 1.17. The molecule has 2 aliphatic heterocycles. The zero-order chi connectivity index (χ0) is 17.3. The number of carbonyl (C=O) groups excluding carboxylic acids is 3. The van der Waals surface area contributed by atoms with Crippen LogP contribution < -0.4 is 0 Å². The molecule has 1 atom stereocenters. The number of ether oxygens (including phenoxy) is 1. The number of hydrogen-bond acceptors (Lipinski definition) is 4. The van der Waals surface area contributed by atoms with Gasteiger partial charge >= 0.3 is 17.9 Å². The lowest BCUT2D eigenvalue weighted by atomic mass is 10.2. The maximum Gasteiger partial charge on any atom is 0.396 e. The Kier molecular flexibility index (Phi) is 4.37. The summed E-state index contributed by atoms with van der Waals surface area (Å²) < 4.78 is 17.4. The van der Waals surface area contributed by atoms with Crippen LogP contribution in [0.2, 0.25) is 0 Å². The Labute approximate surface area is 138 Å². The third kappa shape index (κ3) is 3.04. The van der Waals surface area contributed by atoms with Crippen molar-refractivity contribution >= 4 is 17.9 Å². The summed E-state index contributed by atoms with van der Waals surface area (Å²) in [6.45, 7) is 1.84. The molecule has 0 aromatic heterocycles. The molecule has 1 aromatic rings. The summed E-state index contributed by atoms with van der Waals surface area (Å²) in [6, 6.07) is 5.76. The minimum atomic E-state index is -0.893. The van der Waals surface area contributed by atoms with Gasteiger partial charge in [0.2, 0.25) is 0 Å². The zero-order valence-electron chi connectivity index (χ0n) is 13.3. The van der Waals surface area contributed by atoms with Gasteiger partial charge in [0.1, 0.15) is 5.82 Å². The van der Waals surface area contributed by atoms with E-state index in [1.165, 1.54) is 24.1 Å². The molecule has 128 valence electrons. The van der Waals surface area contributed by atoms with Crippen LogP contribution in [0.3, 0.4) is 0 Å². The topological polar surface area (TPSA) is 70.2 Å². The third-order valence-corrected chi connectivity index (χ3v) is 4.36. The van der Waals surface area contributed by atoms with E-state index in [0.717, 1.165) is 5.56 Å². The second-order valence-corrected chi connectivity index (χ2v) is 5.88. The molecule has 3 amide bonds. The van der Waals surface area contributed by atoms with Crippen LogP contribution in [0.5, 0.6) is 0 Å². The molecule has 0 bridgehead atoms. The number of nitrogens with zero attached hydrogens (tertiary/aromatic N) is 3. The number of fused-ring (bicyclic) bond motifs is 1. The molecule has 2 fully saturated rings. The van der Waals surface area contributed by atoms with Crippen LogP contribution in [0.4, 0.5) is 9.18 Å². The summed E-state index contributed by atoms with van der Waals surface area (Å²) in [5.41, 5.74) is 0.840. The van der Waals surface area contributed by atoms with E-state index in [-0.39, 0.29) is 17.9 Å². The Balaban J connectivity index is 1.65. The van der Waals surface area contributed by atoms with Crippen LogP contribution >= 0.6 is 0 Å². The Bertz CT molecular complexity index is 664. The molecule has 0 spiro atoms. The van der Waals surface area contributed by atoms with E-state index in [9.17, 15) is 18.8 Å². The molecular formula is C16H18FN3O4. The number of hydrogen-bond donors (Lipinski definition) is 0. The standard InChI is InChI=1S/C16H18FN3O4/c1-24-15(22)14(21)18-6-7-20-13(9-18)10-19(16(20)23)8-11-2-4-12(17)5-3-11/h2-5,13H,6-10H2,1H3/t13-/m1/s1. The van der Waals surface area contributed by atoms with Crippen molar-refractivity contribution in [2.45, 2.75) is 12.6 Å². The minimum Gasteiger partial charge on any atom is -0.462 e. The molecular weight excluding hydrogens is 317 g/mol. The predicted molar refractivity (Wildman–Crippen MR) is 81.3 cm³/mol. The van der Waals surface area contributed by atoms with Gasteiger partial charge < -0.3 is 19.4 Å². The Morgan fingerprint density at radius 3 is 2.58 bits per heavy atom. The lowest BCUT2D eigenvalue weighted by Crippen LogP contribution is -2.55. The fourth-order valence-corrected chi connectivity index (χ4v) is 3.12. The van der Waals surface area contributed by atoms with Gasteiger partial charge in [-0.2, -0.15) is 0 Å². The highest BCUT2D eigenvalue weighted by Gasteiger charge is 2.42. The van der Waals surface area contributed by atoms with Gasteiger partial charge in [0.15, 0.2) is 0 Å². The Morgan fingerprint density at radius 2 is 1.92 bits per heavy atom. The van der Waals surface area contributed by atoms with Crippen molar-refractivity contribution in [1.29, 1.82) is 0 Å². The Hall–Kier alpha value is -2.64. The first-order valence-electron chi connectivity index (χ1n) is 7.67. The first-order chi connectivity index (χ1) is 11.5. The van der Waals surface area contributed by atoms with Crippen molar-refractivity contribution in [3.05, 3.63) is 35.6 Å². The molecule has 0 saturated carbocycles. The number of carbonyl (C=O) groups is 3. The second-order valence-electron chi connectivity index (χ2n) is 5.88. The van der Waals surface area contributed by atoms with Gasteiger partial charge in [0.05, 0.1) is 13.2 Å². The van der Waals surface area contributed by atoms with Crippen molar-refractivity contribution in [2.75, 3.05) is 33.3 Å². The van der Waals surface area contributed by atoms with E-state index in [2.05, 4.69) is 4.74 Å². The second kappa shape index (κ2) is 6.46. The van der Waals surface area contributed by atoms with E-state index >= 15 is 0 Å². The maximum atomic E-state index is 13.0.